The number of Topliss-reactive ketones (excluding diaryl/α,β-unsaturated/α-hetero) is 1. The van der Waals surface area contributed by atoms with Crippen molar-refractivity contribution in [2.24, 2.45) is 5.92 Å². The molecule has 4 aromatic heterocycles. The number of aliphatic hydroxyl groups excluding tert-OH is 1. The van der Waals surface area contributed by atoms with Gasteiger partial charge in [-0.25, -0.2) is 14.8 Å². The molecule has 6 rings (SSSR count). The van der Waals surface area contributed by atoms with Gasteiger partial charge in [-0.2, -0.15) is 19.2 Å². The van der Waals surface area contributed by atoms with Crippen LogP contribution in [0.25, 0.3) is 11.3 Å². The molecule has 2 fully saturated rings. The van der Waals surface area contributed by atoms with E-state index in [2.05, 4.69) is 115 Å². The van der Waals surface area contributed by atoms with Gasteiger partial charge < -0.3 is 57.5 Å². The Morgan fingerprint density at radius 3 is 1.30 bits per heavy atom. The number of hydrogen-bond acceptors (Lipinski definition) is 18. The third-order valence-electron chi connectivity index (χ3n) is 14.6. The number of aromatic nitrogens is 6. The van der Waals surface area contributed by atoms with Crippen LogP contribution in [0.3, 0.4) is 0 Å². The fraction of sp³-hybridized carbons (Fsp3) is 0.763. The van der Waals surface area contributed by atoms with Crippen molar-refractivity contribution in [2.75, 3.05) is 124 Å². The number of rotatable bonds is 35. The molecule has 1 atom stereocenters. The van der Waals surface area contributed by atoms with Gasteiger partial charge in [0, 0.05) is 140 Å². The van der Waals surface area contributed by atoms with Crippen LogP contribution in [0.2, 0.25) is 103 Å². The zero-order chi connectivity index (χ0) is 61.1. The first-order valence-electron chi connectivity index (χ1n) is 30.2. The lowest BCUT2D eigenvalue weighted by molar-refractivity contribution is -0.164. The van der Waals surface area contributed by atoms with Gasteiger partial charge in [0.2, 0.25) is 0 Å². The van der Waals surface area contributed by atoms with E-state index in [-0.39, 0.29) is 31.0 Å². The van der Waals surface area contributed by atoms with Crippen LogP contribution in [-0.4, -0.2) is 199 Å². The summed E-state index contributed by atoms with van der Waals surface area (Å²) in [5.41, 5.74) is 3.71. The van der Waals surface area contributed by atoms with Gasteiger partial charge in [-0.3, -0.25) is 4.79 Å². The van der Waals surface area contributed by atoms with Crippen molar-refractivity contribution >= 4 is 67.0 Å². The van der Waals surface area contributed by atoms with E-state index < -0.39 is 38.4 Å². The number of esters is 1. The maximum absolute atomic E-state index is 12.9. The largest absolute Gasteiger partial charge is 0.461 e. The van der Waals surface area contributed by atoms with Crippen molar-refractivity contribution in [1.29, 1.82) is 0 Å². The molecule has 83 heavy (non-hydrogen) atoms. The third-order valence-corrected chi connectivity index (χ3v) is 21.4. The number of fused-ring (bicyclic) bond motifs is 2. The maximum Gasteiger partial charge on any atom is 0.335 e. The van der Waals surface area contributed by atoms with E-state index in [4.69, 9.17) is 53.0 Å². The minimum absolute atomic E-state index is 0.0716. The van der Waals surface area contributed by atoms with Crippen molar-refractivity contribution in [2.45, 2.75) is 172 Å². The van der Waals surface area contributed by atoms with Gasteiger partial charge in [-0.1, -0.05) is 78.6 Å². The van der Waals surface area contributed by atoms with E-state index in [1.807, 2.05) is 21.2 Å². The molecule has 0 aromatic carbocycles. The highest BCUT2D eigenvalue weighted by molar-refractivity contribution is 6.77. The second-order valence-corrected chi connectivity index (χ2v) is 49.3. The summed E-state index contributed by atoms with van der Waals surface area (Å²) in [6, 6.07) is 12.6. The van der Waals surface area contributed by atoms with Crippen LogP contribution in [0, 0.1) is 5.92 Å². The van der Waals surface area contributed by atoms with E-state index in [1.165, 1.54) is 0 Å². The quantitative estimate of drug-likeness (QED) is 0.0197. The minimum Gasteiger partial charge on any atom is -0.461 e. The van der Waals surface area contributed by atoms with Crippen LogP contribution >= 0.6 is 0 Å². The predicted octanol–water partition coefficient (Wildman–Crippen LogP) is 10.7. The Morgan fingerprint density at radius 2 is 0.940 bits per heavy atom. The van der Waals surface area contributed by atoms with E-state index in [0.29, 0.717) is 77.9 Å². The lowest BCUT2D eigenvalue weighted by Crippen LogP contribution is -2.37. The number of hydrogen-bond donors (Lipinski definition) is 1. The zero-order valence-corrected chi connectivity index (χ0v) is 57.7. The fourth-order valence-electron chi connectivity index (χ4n) is 9.26. The SMILES string of the molecule is COCCO.COCCOC(=O)C(OCCOC)C1CCC(c2cc(N(COCC[Si](C)(C)C)COCC[Si](C)(C)C)n3nccc3n2)CC1.C[Si](C)(C)CCOCN(COCC[Si](C)(C)C)c1cc(C2CCC(=O)CC2)nc2ccnn12. The number of carbonyl (C=O) groups excluding carboxylic acids is 2. The predicted molar refractivity (Wildman–Crippen MR) is 341 cm³/mol. The van der Waals surface area contributed by atoms with Crippen LogP contribution in [-0.2, 0) is 52.2 Å². The van der Waals surface area contributed by atoms with E-state index >= 15 is 0 Å². The second-order valence-electron chi connectivity index (χ2n) is 26.8. The van der Waals surface area contributed by atoms with Gasteiger partial charge in [0.1, 0.15) is 50.9 Å². The summed E-state index contributed by atoms with van der Waals surface area (Å²) in [6.07, 6.45) is 9.48. The molecule has 20 nitrogen and oxygen atoms in total. The second kappa shape index (κ2) is 36.6. The minimum atomic E-state index is -1.21. The maximum atomic E-state index is 12.9. The van der Waals surface area contributed by atoms with Gasteiger partial charge in [0.25, 0.3) is 0 Å². The summed E-state index contributed by atoms with van der Waals surface area (Å²) in [4.78, 5) is 38.9. The van der Waals surface area contributed by atoms with Crippen molar-refractivity contribution < 1.29 is 57.3 Å². The molecule has 0 radical (unpaired) electrons. The van der Waals surface area contributed by atoms with E-state index in [1.54, 1.807) is 33.7 Å². The molecule has 0 spiro atoms. The first kappa shape index (κ1) is 72.0. The van der Waals surface area contributed by atoms with Crippen molar-refractivity contribution in [3.63, 3.8) is 0 Å². The number of anilines is 2. The van der Waals surface area contributed by atoms with Gasteiger partial charge >= 0.3 is 5.97 Å². The van der Waals surface area contributed by atoms with Crippen molar-refractivity contribution in [3.05, 3.63) is 48.0 Å². The third kappa shape index (κ3) is 27.8. The standard InChI is InChI=1S/C32H58N4O7Si2.C24H42N4O3Si2.C3H8O2/c1-38-15-17-42-31(32(37)43-18-16-39-2)27-11-9-26(10-12-27)28-23-30(36-29(34-28)13-14-33-36)35(24-40-19-21-44(3,4)5)25-41-20-22-45(6,7)8;1-32(2,3)15-13-30-18-27(19-31-14-16-33(4,5)6)24-17-22(20-7-9-21(29)10-8-20)26-23-11-12-25-28(23)24;1-5-3-2-4/h13-14,23,26-27,31H,9-12,15-22,24-25H2,1-8H3;11-12,17,20H,7-10,13-16,18-19H2,1-6H3;4H,2-3H2,1H3. The van der Waals surface area contributed by atoms with Gasteiger partial charge in [0.15, 0.2) is 17.4 Å². The Balaban J connectivity index is 0.000000342. The summed E-state index contributed by atoms with van der Waals surface area (Å²) >= 11 is 0. The van der Waals surface area contributed by atoms with Crippen LogP contribution in [0.1, 0.15) is 74.6 Å². The smallest absolute Gasteiger partial charge is 0.335 e. The highest BCUT2D eigenvalue weighted by Gasteiger charge is 2.35. The van der Waals surface area contributed by atoms with Crippen LogP contribution < -0.4 is 9.80 Å². The van der Waals surface area contributed by atoms with Gasteiger partial charge in [0.05, 0.1) is 45.4 Å². The number of methoxy groups -OCH3 is 3. The summed E-state index contributed by atoms with van der Waals surface area (Å²) < 4.78 is 54.6. The molecule has 2 aliphatic rings. The average molecular weight is 1230 g/mol. The summed E-state index contributed by atoms with van der Waals surface area (Å²) in [7, 11) is 0.0281. The fourth-order valence-corrected chi connectivity index (χ4v) is 12.3. The Morgan fingerprint density at radius 1 is 0.554 bits per heavy atom. The highest BCUT2D eigenvalue weighted by Crippen LogP contribution is 2.39. The zero-order valence-electron chi connectivity index (χ0n) is 53.7. The lowest BCUT2D eigenvalue weighted by atomic mass is 9.78. The number of aliphatic hydroxyl groups is 1. The monoisotopic (exact) mass is 1230 g/mol. The topological polar surface area (TPSA) is 204 Å². The molecular weight excluding hydrogens is 1130 g/mol. The molecule has 0 bridgehead atoms. The Labute approximate surface area is 501 Å². The molecule has 24 heteroatoms. The molecule has 472 valence electrons. The molecule has 0 saturated heterocycles. The Hall–Kier alpha value is -3.51. The number of ether oxygens (including phenoxy) is 9. The molecule has 1 N–H and O–H groups in total. The number of ketones is 1. The Kier molecular flexibility index (Phi) is 31.7. The molecule has 4 aromatic rings. The van der Waals surface area contributed by atoms with Crippen LogP contribution in [0.4, 0.5) is 11.6 Å². The average Bonchev–Trinajstić information content (AvgIpc) is 3.40. The van der Waals surface area contributed by atoms with Crippen LogP contribution in [0.5, 0.6) is 0 Å². The highest BCUT2D eigenvalue weighted by atomic mass is 28.3. The van der Waals surface area contributed by atoms with Crippen molar-refractivity contribution in [1.82, 2.24) is 29.2 Å². The molecule has 1 unspecified atom stereocenters. The van der Waals surface area contributed by atoms with Crippen molar-refractivity contribution in [3.8, 4) is 0 Å². The summed E-state index contributed by atoms with van der Waals surface area (Å²) in [5.74, 6) is 2.54. The molecule has 0 amide bonds. The molecule has 2 aliphatic carbocycles. The van der Waals surface area contributed by atoms with Crippen LogP contribution in [0.15, 0.2) is 36.7 Å². The number of nitrogens with zero attached hydrogens (tertiary/aromatic N) is 8. The first-order chi connectivity index (χ1) is 39.3. The molecular formula is C59H108N8O12Si4. The van der Waals surface area contributed by atoms with Gasteiger partial charge in [-0.15, -0.1) is 0 Å². The van der Waals surface area contributed by atoms with Gasteiger partial charge in [-0.05, 0) is 68.6 Å². The number of carbonyl (C=O) groups is 2. The van der Waals surface area contributed by atoms with E-state index in [9.17, 15) is 9.59 Å². The summed E-state index contributed by atoms with van der Waals surface area (Å²) in [5, 5.41) is 17.1. The first-order valence-corrected chi connectivity index (χ1v) is 45.1. The van der Waals surface area contributed by atoms with E-state index in [0.717, 1.165) is 123 Å². The molecule has 4 heterocycles. The summed E-state index contributed by atoms with van der Waals surface area (Å²) in [6.45, 7) is 35.0. The molecule has 2 saturated carbocycles. The normalized spacial score (nSPS) is 16.8. The lowest BCUT2D eigenvalue weighted by Gasteiger charge is -2.33. The Bertz CT molecular complexity index is 2400. The molecule has 0 aliphatic heterocycles.